The van der Waals surface area contributed by atoms with E-state index in [1.54, 1.807) is 0 Å². The highest BCUT2D eigenvalue weighted by atomic mass is 16.3. The van der Waals surface area contributed by atoms with Crippen LogP contribution in [-0.2, 0) is 0 Å². The monoisotopic (exact) mass is 694 g/mol. The lowest BCUT2D eigenvalue weighted by molar-refractivity contribution is 0.669. The molecule has 0 saturated carbocycles. The number of rotatable bonds is 3. The Morgan fingerprint density at radius 1 is 0.236 bits per heavy atom. The van der Waals surface area contributed by atoms with Crippen LogP contribution in [0.1, 0.15) is 0 Å². The van der Waals surface area contributed by atoms with Crippen LogP contribution in [0, 0.1) is 0 Å². The van der Waals surface area contributed by atoms with Crippen LogP contribution in [0.2, 0.25) is 0 Å². The second-order valence-electron chi connectivity index (χ2n) is 15.2. The average molecular weight is 695 g/mol. The van der Waals surface area contributed by atoms with Gasteiger partial charge in [-0.25, -0.2) is 0 Å². The minimum Gasteiger partial charge on any atom is -0.456 e. The molecule has 0 saturated heterocycles. The Morgan fingerprint density at radius 2 is 0.618 bits per heavy atom. The Hall–Kier alpha value is -7.22. The van der Waals surface area contributed by atoms with Gasteiger partial charge in [0.05, 0.1) is 0 Å². The first-order valence-corrected chi connectivity index (χ1v) is 19.1. The predicted octanol–water partition coefficient (Wildman–Crippen LogP) is 15.3. The fraction of sp³-hybridized carbons (Fsp3) is 0. The first kappa shape index (κ1) is 29.3. The smallest absolute Gasteiger partial charge is 0.135 e. The van der Waals surface area contributed by atoms with E-state index in [9.17, 15) is 0 Å². The fourth-order valence-corrected chi connectivity index (χ4v) is 9.84. The Morgan fingerprint density at radius 3 is 1.18 bits per heavy atom. The van der Waals surface area contributed by atoms with E-state index in [0.717, 1.165) is 21.9 Å². The van der Waals surface area contributed by atoms with Gasteiger partial charge in [-0.15, -0.1) is 0 Å². The van der Waals surface area contributed by atoms with Crippen molar-refractivity contribution in [2.24, 2.45) is 0 Å². The molecule has 10 aromatic carbocycles. The minimum atomic E-state index is 0.908. The van der Waals surface area contributed by atoms with Crippen molar-refractivity contribution >= 4 is 54.3 Å². The zero-order valence-corrected chi connectivity index (χ0v) is 29.7. The number of hydrogen-bond donors (Lipinski definition) is 0. The lowest BCUT2D eigenvalue weighted by Crippen LogP contribution is -1.85. The van der Waals surface area contributed by atoms with Crippen molar-refractivity contribution in [2.75, 3.05) is 0 Å². The van der Waals surface area contributed by atoms with Crippen LogP contribution >= 0.6 is 0 Å². The standard InChI is InChI=1S/C54H30O/c1-3-9-41-39(7-1)45-13-5-11-43-37(21-23-47(41)53(43)45)35-18-17-31-27-32(15-16-33(31)28-35)34-19-25-51-49(29-34)50-30-36(20-26-52(50)55-51)38-22-24-48-42-10-4-2-8-40(42)46-14-6-12-44(38)54(46)48/h1-30H. The van der Waals surface area contributed by atoms with Gasteiger partial charge < -0.3 is 4.42 Å². The molecule has 0 unspecified atom stereocenters. The van der Waals surface area contributed by atoms with Crippen molar-refractivity contribution < 1.29 is 4.42 Å². The third kappa shape index (κ3) is 4.02. The zero-order valence-electron chi connectivity index (χ0n) is 29.7. The quantitative estimate of drug-likeness (QED) is 0.179. The normalized spacial score (nSPS) is 12.4. The van der Waals surface area contributed by atoms with Crippen LogP contribution in [0.15, 0.2) is 186 Å². The molecule has 11 aromatic rings. The van der Waals surface area contributed by atoms with Gasteiger partial charge in [-0.05, 0) is 147 Å². The highest BCUT2D eigenvalue weighted by Gasteiger charge is 2.24. The molecule has 0 amide bonds. The van der Waals surface area contributed by atoms with E-state index in [4.69, 9.17) is 4.42 Å². The maximum atomic E-state index is 6.41. The molecule has 0 aliphatic heterocycles. The van der Waals surface area contributed by atoms with Gasteiger partial charge in [0.15, 0.2) is 0 Å². The number of hydrogen-bond acceptors (Lipinski definition) is 1. The van der Waals surface area contributed by atoms with E-state index in [0.29, 0.717) is 0 Å². The van der Waals surface area contributed by atoms with E-state index >= 15 is 0 Å². The molecular formula is C54H30O. The predicted molar refractivity (Wildman–Crippen MR) is 231 cm³/mol. The summed E-state index contributed by atoms with van der Waals surface area (Å²) in [7, 11) is 0. The first-order valence-electron chi connectivity index (χ1n) is 19.1. The van der Waals surface area contributed by atoms with E-state index in [2.05, 4.69) is 182 Å². The summed E-state index contributed by atoms with van der Waals surface area (Å²) in [5.74, 6) is 0. The van der Waals surface area contributed by atoms with Gasteiger partial charge in [0, 0.05) is 10.8 Å². The molecule has 252 valence electrons. The van der Waals surface area contributed by atoms with Crippen molar-refractivity contribution in [3.63, 3.8) is 0 Å². The van der Waals surface area contributed by atoms with Gasteiger partial charge in [-0.1, -0.05) is 146 Å². The molecule has 0 fully saturated rings. The summed E-state index contributed by atoms with van der Waals surface area (Å²) in [6, 6.07) is 67.3. The summed E-state index contributed by atoms with van der Waals surface area (Å²) >= 11 is 0. The molecule has 1 nitrogen and oxygen atoms in total. The van der Waals surface area contributed by atoms with Crippen LogP contribution in [-0.4, -0.2) is 0 Å². The molecule has 0 atom stereocenters. The Balaban J connectivity index is 0.888. The third-order valence-electron chi connectivity index (χ3n) is 12.4. The van der Waals surface area contributed by atoms with Crippen LogP contribution in [0.3, 0.4) is 0 Å². The van der Waals surface area contributed by atoms with Gasteiger partial charge in [0.2, 0.25) is 0 Å². The summed E-state index contributed by atoms with van der Waals surface area (Å²) in [5, 5.41) is 10.1. The molecular weight excluding hydrogens is 665 g/mol. The summed E-state index contributed by atoms with van der Waals surface area (Å²) in [6.07, 6.45) is 0. The van der Waals surface area contributed by atoms with Crippen LogP contribution < -0.4 is 0 Å². The lowest BCUT2D eigenvalue weighted by Gasteiger charge is -2.11. The second-order valence-corrected chi connectivity index (χ2v) is 15.2. The molecule has 1 aromatic heterocycles. The molecule has 0 spiro atoms. The van der Waals surface area contributed by atoms with Crippen molar-refractivity contribution in [3.8, 4) is 77.9 Å². The Bertz CT molecular complexity index is 3430. The number of fused-ring (bicyclic) bond motifs is 10. The van der Waals surface area contributed by atoms with E-state index in [-0.39, 0.29) is 0 Å². The van der Waals surface area contributed by atoms with Crippen molar-refractivity contribution in [3.05, 3.63) is 182 Å². The van der Waals surface area contributed by atoms with Crippen LogP contribution in [0.4, 0.5) is 0 Å². The summed E-state index contributed by atoms with van der Waals surface area (Å²) in [6.45, 7) is 0. The van der Waals surface area contributed by atoms with E-state index in [1.807, 2.05) is 0 Å². The molecule has 1 heterocycles. The molecule has 0 radical (unpaired) electrons. The molecule has 0 bridgehead atoms. The highest BCUT2D eigenvalue weighted by molar-refractivity contribution is 6.20. The summed E-state index contributed by atoms with van der Waals surface area (Å²) in [4.78, 5) is 0. The molecule has 13 rings (SSSR count). The van der Waals surface area contributed by atoms with Crippen LogP contribution in [0.5, 0.6) is 0 Å². The van der Waals surface area contributed by atoms with Crippen LogP contribution in [0.25, 0.3) is 132 Å². The first-order chi connectivity index (χ1) is 27.2. The van der Waals surface area contributed by atoms with Crippen molar-refractivity contribution in [1.82, 2.24) is 0 Å². The Labute approximate surface area is 317 Å². The Kier molecular flexibility index (Phi) is 5.69. The zero-order chi connectivity index (χ0) is 35.8. The van der Waals surface area contributed by atoms with E-state index < -0.39 is 0 Å². The maximum Gasteiger partial charge on any atom is 0.135 e. The van der Waals surface area contributed by atoms with Gasteiger partial charge >= 0.3 is 0 Å². The third-order valence-corrected chi connectivity index (χ3v) is 12.4. The summed E-state index contributed by atoms with van der Waals surface area (Å²) < 4.78 is 6.41. The number of furan rings is 1. The van der Waals surface area contributed by atoms with E-state index in [1.165, 1.54) is 110 Å². The molecule has 0 N–H and O–H groups in total. The average Bonchev–Trinajstić information content (AvgIpc) is 3.90. The second kappa shape index (κ2) is 10.7. The van der Waals surface area contributed by atoms with Crippen molar-refractivity contribution in [1.29, 1.82) is 0 Å². The van der Waals surface area contributed by atoms with Gasteiger partial charge in [-0.2, -0.15) is 0 Å². The van der Waals surface area contributed by atoms with Gasteiger partial charge in [-0.3, -0.25) is 0 Å². The largest absolute Gasteiger partial charge is 0.456 e. The molecule has 55 heavy (non-hydrogen) atoms. The summed E-state index contributed by atoms with van der Waals surface area (Å²) in [5.41, 5.74) is 19.8. The van der Waals surface area contributed by atoms with Crippen molar-refractivity contribution in [2.45, 2.75) is 0 Å². The fourth-order valence-electron chi connectivity index (χ4n) is 9.84. The molecule has 2 aliphatic rings. The number of benzene rings is 10. The highest BCUT2D eigenvalue weighted by Crippen LogP contribution is 2.51. The molecule has 1 heteroatoms. The SMILES string of the molecule is c1ccc2c(c1)-c1cccc3c(-c4ccc5cc(-c6ccc7oc8ccc(-c9ccc%10c%11c(cccc9%11)-c9ccccc9-%10)cc8c7c6)ccc5c4)ccc-2c13. The van der Waals surface area contributed by atoms with Gasteiger partial charge in [0.25, 0.3) is 0 Å². The topological polar surface area (TPSA) is 13.1 Å². The minimum absolute atomic E-state index is 0.908. The van der Waals surface area contributed by atoms with Gasteiger partial charge in [0.1, 0.15) is 11.2 Å². The maximum absolute atomic E-state index is 6.41. The molecule has 2 aliphatic carbocycles. The lowest BCUT2D eigenvalue weighted by atomic mass is 9.92.